The number of sulfonamides is 1. The predicted octanol–water partition coefficient (Wildman–Crippen LogP) is 4.30. The van der Waals surface area contributed by atoms with Crippen LogP contribution in [0.3, 0.4) is 0 Å². The summed E-state index contributed by atoms with van der Waals surface area (Å²) in [4.78, 5) is 31.0. The van der Waals surface area contributed by atoms with Crippen LogP contribution in [0.1, 0.15) is 5.56 Å². The molecule has 5 rings (SSSR count). The van der Waals surface area contributed by atoms with Gasteiger partial charge in [0.2, 0.25) is 0 Å². The molecular formula is C26H23F3N8O4S. The summed E-state index contributed by atoms with van der Waals surface area (Å²) in [5.74, 6) is 1.07. The Morgan fingerprint density at radius 2 is 1.71 bits per heavy atom. The van der Waals surface area contributed by atoms with E-state index in [1.807, 2.05) is 4.90 Å². The summed E-state index contributed by atoms with van der Waals surface area (Å²) < 4.78 is 68.3. The van der Waals surface area contributed by atoms with Gasteiger partial charge in [0.1, 0.15) is 17.5 Å². The maximum absolute atomic E-state index is 13.2. The first-order chi connectivity index (χ1) is 20.0. The summed E-state index contributed by atoms with van der Waals surface area (Å²) in [7, 11) is -4.43. The van der Waals surface area contributed by atoms with Crippen molar-refractivity contribution in [2.75, 3.05) is 41.1 Å². The number of hydrogen-bond donors (Lipinski definition) is 3. The predicted molar refractivity (Wildman–Crippen MR) is 147 cm³/mol. The van der Waals surface area contributed by atoms with Crippen molar-refractivity contribution in [2.45, 2.75) is 11.1 Å². The van der Waals surface area contributed by atoms with E-state index >= 15 is 0 Å². The minimum absolute atomic E-state index is 0.0252. The van der Waals surface area contributed by atoms with E-state index in [2.05, 4.69) is 30.0 Å². The van der Waals surface area contributed by atoms with Gasteiger partial charge in [-0.25, -0.2) is 28.2 Å². The molecule has 0 radical (unpaired) electrons. The molecule has 1 aliphatic heterocycles. The van der Waals surface area contributed by atoms with E-state index in [9.17, 15) is 31.5 Å². The van der Waals surface area contributed by atoms with E-state index in [0.29, 0.717) is 55.1 Å². The van der Waals surface area contributed by atoms with E-state index in [0.717, 1.165) is 18.2 Å². The highest BCUT2D eigenvalue weighted by Crippen LogP contribution is 2.32. The first-order valence-electron chi connectivity index (χ1n) is 12.4. The third kappa shape index (κ3) is 6.65. The van der Waals surface area contributed by atoms with Crippen LogP contribution in [0.4, 0.5) is 41.1 Å². The fraction of sp³-hybridized carbons (Fsp3) is 0.192. The van der Waals surface area contributed by atoms with Gasteiger partial charge in [0.15, 0.2) is 0 Å². The van der Waals surface area contributed by atoms with Gasteiger partial charge in [0, 0.05) is 56.4 Å². The number of nitrogens with zero attached hydrogens (tertiary/aromatic N) is 6. The molecule has 0 unspecified atom stereocenters. The molecule has 0 bridgehead atoms. The lowest BCUT2D eigenvalue weighted by Crippen LogP contribution is -2.48. The lowest BCUT2D eigenvalue weighted by molar-refractivity contribution is -0.137. The maximum atomic E-state index is 13.2. The largest absolute Gasteiger partial charge is 0.465 e. The molecule has 1 amide bonds. The Bertz CT molecular complexity index is 1700. The lowest BCUT2D eigenvalue weighted by atomic mass is 10.1. The molecule has 0 spiro atoms. The summed E-state index contributed by atoms with van der Waals surface area (Å²) in [5.41, 5.74) is -0.196. The number of nitrogens with one attached hydrogen (secondary N) is 2. The molecular weight excluding hydrogens is 577 g/mol. The SMILES string of the molecule is O=C(O)N1CCN(c2cc(-c3cc(NS(=O)(=O)c4cccc(C(F)(F)F)c4)cc(Nc4cnccn4)n3)ccn2)CC1. The second-order valence-corrected chi connectivity index (χ2v) is 10.8. The Balaban J connectivity index is 1.49. The Morgan fingerprint density at radius 3 is 2.40 bits per heavy atom. The zero-order chi connectivity index (χ0) is 29.9. The van der Waals surface area contributed by atoms with Gasteiger partial charge in [0.05, 0.1) is 28.0 Å². The standard InChI is InChI=1S/C26H23F3N8O4S/c27-26(28,29)18-2-1-3-20(13-18)42(40,41)35-19-14-21(33-22(15-19)34-23-16-30-6-7-31-23)17-4-5-32-24(12-17)36-8-10-37(11-9-36)25(38)39/h1-7,12-16H,8-11H2,(H,38,39)(H2,31,33,34,35). The van der Waals surface area contributed by atoms with E-state index in [4.69, 9.17) is 0 Å². The van der Waals surface area contributed by atoms with Gasteiger partial charge in [-0.05, 0) is 36.4 Å². The van der Waals surface area contributed by atoms with Gasteiger partial charge in [-0.1, -0.05) is 6.07 Å². The topological polar surface area (TPSA) is 154 Å². The number of carboxylic acid groups (broad SMARTS) is 1. The minimum Gasteiger partial charge on any atom is -0.465 e. The van der Waals surface area contributed by atoms with E-state index in [1.165, 1.54) is 35.6 Å². The third-order valence-electron chi connectivity index (χ3n) is 6.28. The third-order valence-corrected chi connectivity index (χ3v) is 7.66. The number of piperazine rings is 1. The van der Waals surface area contributed by atoms with Crippen LogP contribution < -0.4 is 14.9 Å². The van der Waals surface area contributed by atoms with Crippen molar-refractivity contribution in [3.63, 3.8) is 0 Å². The number of aromatic nitrogens is 4. The summed E-state index contributed by atoms with van der Waals surface area (Å²) >= 11 is 0. The lowest BCUT2D eigenvalue weighted by Gasteiger charge is -2.33. The summed E-state index contributed by atoms with van der Waals surface area (Å²) in [6.45, 7) is 1.45. The fourth-order valence-corrected chi connectivity index (χ4v) is 5.31. The molecule has 1 aliphatic rings. The second kappa shape index (κ2) is 11.5. The number of rotatable bonds is 7. The van der Waals surface area contributed by atoms with Crippen molar-refractivity contribution in [1.29, 1.82) is 0 Å². The number of benzene rings is 1. The summed E-state index contributed by atoms with van der Waals surface area (Å²) in [5, 5.41) is 12.2. The molecule has 218 valence electrons. The number of anilines is 4. The van der Waals surface area contributed by atoms with Gasteiger partial charge in [-0.3, -0.25) is 9.71 Å². The number of pyridine rings is 2. The number of halogens is 3. The normalized spacial score (nSPS) is 14.0. The van der Waals surface area contributed by atoms with Crippen molar-refractivity contribution < 1.29 is 31.5 Å². The second-order valence-electron chi connectivity index (χ2n) is 9.13. The number of alkyl halides is 3. The maximum Gasteiger partial charge on any atom is 0.416 e. The molecule has 0 saturated carbocycles. The van der Waals surface area contributed by atoms with Gasteiger partial charge in [-0.15, -0.1) is 0 Å². The molecule has 0 atom stereocenters. The van der Waals surface area contributed by atoms with Gasteiger partial charge < -0.3 is 20.2 Å². The van der Waals surface area contributed by atoms with Crippen LogP contribution >= 0.6 is 0 Å². The van der Waals surface area contributed by atoms with Crippen molar-refractivity contribution in [3.8, 4) is 11.3 Å². The van der Waals surface area contributed by atoms with Gasteiger partial charge in [0.25, 0.3) is 10.0 Å². The van der Waals surface area contributed by atoms with Gasteiger partial charge in [-0.2, -0.15) is 13.2 Å². The number of hydrogen-bond acceptors (Lipinski definition) is 9. The van der Waals surface area contributed by atoms with Crippen LogP contribution in [0.15, 0.2) is 78.2 Å². The molecule has 4 aromatic rings. The van der Waals surface area contributed by atoms with Crippen LogP contribution in [0.2, 0.25) is 0 Å². The summed E-state index contributed by atoms with van der Waals surface area (Å²) in [6.07, 6.45) is 0.185. The zero-order valence-corrected chi connectivity index (χ0v) is 22.5. The molecule has 0 aliphatic carbocycles. The fourth-order valence-electron chi connectivity index (χ4n) is 4.23. The van der Waals surface area contributed by atoms with Crippen LogP contribution in [0, 0.1) is 0 Å². The average Bonchev–Trinajstić information content (AvgIpc) is 2.97. The van der Waals surface area contributed by atoms with Crippen molar-refractivity contribution in [1.82, 2.24) is 24.8 Å². The molecule has 3 N–H and O–H groups in total. The Morgan fingerprint density at radius 1 is 0.929 bits per heavy atom. The van der Waals surface area contributed by atoms with Crippen LogP contribution in [-0.4, -0.2) is 70.6 Å². The number of carbonyl (C=O) groups is 1. The number of amides is 1. The molecule has 16 heteroatoms. The highest BCUT2D eigenvalue weighted by molar-refractivity contribution is 7.92. The minimum atomic E-state index is -4.72. The highest BCUT2D eigenvalue weighted by atomic mass is 32.2. The molecule has 1 saturated heterocycles. The molecule has 3 aromatic heterocycles. The Labute approximate surface area is 237 Å². The highest BCUT2D eigenvalue weighted by Gasteiger charge is 2.32. The molecule has 4 heterocycles. The van der Waals surface area contributed by atoms with Crippen molar-refractivity contribution in [2.24, 2.45) is 0 Å². The van der Waals surface area contributed by atoms with Crippen molar-refractivity contribution in [3.05, 3.63) is 78.9 Å². The van der Waals surface area contributed by atoms with Crippen LogP contribution in [0.5, 0.6) is 0 Å². The smallest absolute Gasteiger partial charge is 0.416 e. The first kappa shape index (κ1) is 28.5. The average molecular weight is 601 g/mol. The van der Waals surface area contributed by atoms with Crippen LogP contribution in [0.25, 0.3) is 11.3 Å². The molecule has 42 heavy (non-hydrogen) atoms. The molecule has 1 aromatic carbocycles. The first-order valence-corrected chi connectivity index (χ1v) is 13.9. The van der Waals surface area contributed by atoms with Gasteiger partial charge >= 0.3 is 12.3 Å². The monoisotopic (exact) mass is 600 g/mol. The molecule has 1 fully saturated rings. The quantitative estimate of drug-likeness (QED) is 0.280. The van der Waals surface area contributed by atoms with E-state index in [1.54, 1.807) is 18.3 Å². The van der Waals surface area contributed by atoms with Crippen LogP contribution in [-0.2, 0) is 16.2 Å². The molecule has 12 nitrogen and oxygen atoms in total. The van der Waals surface area contributed by atoms with E-state index in [-0.39, 0.29) is 11.5 Å². The Kier molecular flexibility index (Phi) is 7.80. The summed E-state index contributed by atoms with van der Waals surface area (Å²) in [6, 6.07) is 9.64. The zero-order valence-electron chi connectivity index (χ0n) is 21.7. The Hall–Kier alpha value is -4.99. The van der Waals surface area contributed by atoms with Crippen molar-refractivity contribution >= 4 is 39.3 Å². The van der Waals surface area contributed by atoms with E-state index < -0.39 is 32.8 Å².